The van der Waals surface area contributed by atoms with E-state index >= 15 is 0 Å². The number of nitro groups is 1. The van der Waals surface area contributed by atoms with E-state index in [1.54, 1.807) is 26.0 Å². The molecule has 0 spiro atoms. The Kier molecular flexibility index (Phi) is 10.0. The second kappa shape index (κ2) is 13.2. The van der Waals surface area contributed by atoms with Gasteiger partial charge in [-0.05, 0) is 69.7 Å². The monoisotopic (exact) mass is 603 g/mol. The van der Waals surface area contributed by atoms with Crippen molar-refractivity contribution in [1.29, 1.82) is 0 Å². The maximum atomic E-state index is 12.8. The molecule has 41 heavy (non-hydrogen) atoms. The molecule has 3 rings (SSSR count). The van der Waals surface area contributed by atoms with Gasteiger partial charge in [0, 0.05) is 22.3 Å². The first-order chi connectivity index (χ1) is 19.4. The highest BCUT2D eigenvalue weighted by Crippen LogP contribution is 2.33. The minimum atomic E-state index is -4.14. The molecule has 1 aromatic heterocycles. The van der Waals surface area contributed by atoms with Crippen LogP contribution in [-0.4, -0.2) is 44.6 Å². The topological polar surface area (TPSA) is 178 Å². The van der Waals surface area contributed by atoms with Gasteiger partial charge >= 0.3 is 5.97 Å². The van der Waals surface area contributed by atoms with Crippen molar-refractivity contribution in [2.45, 2.75) is 39.0 Å². The largest absolute Gasteiger partial charge is 0.497 e. The molecule has 0 saturated heterocycles. The SMILES string of the molecule is CCOC(=O)c1c(NC(=O)C/C(C)=N\Nc2ccc(S(=O)(=O)Nc3ccc(OC)cc3)cc2[N+](=O)[O-])sc(C)c1C. The number of esters is 1. The number of thiophene rings is 1. The molecule has 0 aliphatic heterocycles. The number of nitro benzene ring substituents is 1. The van der Waals surface area contributed by atoms with Gasteiger partial charge in [-0.15, -0.1) is 11.3 Å². The molecular formula is C26H29N5O8S2. The first-order valence-electron chi connectivity index (χ1n) is 12.2. The van der Waals surface area contributed by atoms with Crippen molar-refractivity contribution < 1.29 is 32.4 Å². The molecule has 0 atom stereocenters. The number of amides is 1. The molecule has 1 heterocycles. The maximum absolute atomic E-state index is 12.8. The van der Waals surface area contributed by atoms with E-state index in [0.29, 0.717) is 21.9 Å². The molecule has 15 heteroatoms. The zero-order valence-electron chi connectivity index (χ0n) is 22.9. The van der Waals surface area contributed by atoms with E-state index in [1.807, 2.05) is 6.92 Å². The van der Waals surface area contributed by atoms with Crippen LogP contribution in [0.15, 0.2) is 52.5 Å². The molecule has 0 saturated carbocycles. The second-order valence-corrected chi connectivity index (χ2v) is 11.6. The summed E-state index contributed by atoms with van der Waals surface area (Å²) in [5.74, 6) is -0.459. The Bertz CT molecular complexity index is 1600. The number of nitrogens with one attached hydrogen (secondary N) is 3. The summed E-state index contributed by atoms with van der Waals surface area (Å²) in [6.07, 6.45) is -0.183. The Morgan fingerprint density at radius 1 is 1.12 bits per heavy atom. The molecule has 0 radical (unpaired) electrons. The number of anilines is 3. The highest BCUT2D eigenvalue weighted by molar-refractivity contribution is 7.92. The van der Waals surface area contributed by atoms with E-state index < -0.39 is 32.5 Å². The molecular weight excluding hydrogens is 574 g/mol. The van der Waals surface area contributed by atoms with Crippen molar-refractivity contribution in [2.75, 3.05) is 29.2 Å². The molecule has 0 fully saturated rings. The van der Waals surface area contributed by atoms with Gasteiger partial charge in [0.25, 0.3) is 15.7 Å². The quantitative estimate of drug-likeness (QED) is 0.110. The zero-order chi connectivity index (χ0) is 30.3. The Morgan fingerprint density at radius 2 is 1.80 bits per heavy atom. The van der Waals surface area contributed by atoms with E-state index in [1.165, 1.54) is 49.6 Å². The van der Waals surface area contributed by atoms with E-state index in [0.717, 1.165) is 10.9 Å². The number of carbonyl (C=O) groups excluding carboxylic acids is 2. The molecule has 218 valence electrons. The summed E-state index contributed by atoms with van der Waals surface area (Å²) in [6, 6.07) is 9.42. The number of hydrazone groups is 1. The first kappa shape index (κ1) is 31.0. The smallest absolute Gasteiger partial charge is 0.341 e. The molecule has 13 nitrogen and oxygen atoms in total. The number of aryl methyl sites for hydroxylation is 1. The molecule has 3 aromatic rings. The lowest BCUT2D eigenvalue weighted by Gasteiger charge is -2.10. The summed E-state index contributed by atoms with van der Waals surface area (Å²) in [5, 5.41) is 18.8. The van der Waals surface area contributed by atoms with Crippen LogP contribution in [0.25, 0.3) is 0 Å². The third kappa shape index (κ3) is 7.79. The van der Waals surface area contributed by atoms with Gasteiger partial charge in [0.15, 0.2) is 0 Å². The normalized spacial score (nSPS) is 11.5. The second-order valence-electron chi connectivity index (χ2n) is 8.66. The van der Waals surface area contributed by atoms with E-state index in [-0.39, 0.29) is 35.0 Å². The lowest BCUT2D eigenvalue weighted by atomic mass is 10.1. The Labute approximate surface area is 240 Å². The van der Waals surface area contributed by atoms with Gasteiger partial charge in [0.05, 0.1) is 35.5 Å². The maximum Gasteiger partial charge on any atom is 0.341 e. The van der Waals surface area contributed by atoms with Crippen LogP contribution in [0.4, 0.5) is 22.1 Å². The Morgan fingerprint density at radius 3 is 2.41 bits per heavy atom. The van der Waals surface area contributed by atoms with Crippen molar-refractivity contribution in [2.24, 2.45) is 5.10 Å². The minimum Gasteiger partial charge on any atom is -0.497 e. The van der Waals surface area contributed by atoms with Gasteiger partial charge in [-0.1, -0.05) is 0 Å². The van der Waals surface area contributed by atoms with Crippen LogP contribution in [0.3, 0.4) is 0 Å². The Hall–Kier alpha value is -4.50. The molecule has 2 aromatic carbocycles. The molecule has 3 N–H and O–H groups in total. The number of rotatable bonds is 12. The van der Waals surface area contributed by atoms with E-state index in [4.69, 9.17) is 9.47 Å². The van der Waals surface area contributed by atoms with Crippen molar-refractivity contribution in [3.05, 3.63) is 68.6 Å². The van der Waals surface area contributed by atoms with Crippen molar-refractivity contribution >= 4 is 61.0 Å². The third-order valence-electron chi connectivity index (χ3n) is 5.72. The van der Waals surface area contributed by atoms with Crippen molar-refractivity contribution in [3.8, 4) is 5.75 Å². The number of benzene rings is 2. The van der Waals surface area contributed by atoms with Crippen molar-refractivity contribution in [1.82, 2.24) is 0 Å². The van der Waals surface area contributed by atoms with Crippen LogP contribution in [0.5, 0.6) is 5.75 Å². The third-order valence-corrected chi connectivity index (χ3v) is 8.22. The summed E-state index contributed by atoms with van der Waals surface area (Å²) >= 11 is 1.25. The molecule has 0 bridgehead atoms. The number of carbonyl (C=O) groups is 2. The summed E-state index contributed by atoms with van der Waals surface area (Å²) < 4.78 is 38.1. The van der Waals surface area contributed by atoms with Crippen LogP contribution >= 0.6 is 11.3 Å². The molecule has 0 aliphatic carbocycles. The van der Waals surface area contributed by atoms with E-state index in [2.05, 4.69) is 20.6 Å². The fraction of sp³-hybridized carbons (Fsp3) is 0.269. The predicted molar refractivity (Wildman–Crippen MR) is 157 cm³/mol. The standard InChI is InChI=1S/C26H29N5O8S2/c1-6-39-26(33)24-16(3)17(4)40-25(24)27-23(32)13-15(2)28-29-21-12-11-20(14-22(21)31(34)35)41(36,37)30-18-7-9-19(38-5)10-8-18/h7-12,14,29-30H,6,13H2,1-5H3,(H,27,32)/b28-15-. The van der Waals surface area contributed by atoms with Crippen LogP contribution in [0, 0.1) is 24.0 Å². The first-order valence-corrected chi connectivity index (χ1v) is 14.5. The lowest BCUT2D eigenvalue weighted by molar-refractivity contribution is -0.384. The minimum absolute atomic E-state index is 0.0766. The average Bonchev–Trinajstić information content (AvgIpc) is 3.19. The summed E-state index contributed by atoms with van der Waals surface area (Å²) in [6.45, 7) is 7.01. The fourth-order valence-corrected chi connectivity index (χ4v) is 5.70. The van der Waals surface area contributed by atoms with Gasteiger partial charge in [0.1, 0.15) is 16.4 Å². The van der Waals surface area contributed by atoms with Crippen LogP contribution in [-0.2, 0) is 19.6 Å². The summed E-state index contributed by atoms with van der Waals surface area (Å²) in [5.41, 5.74) is 3.45. The fourth-order valence-electron chi connectivity index (χ4n) is 3.56. The highest BCUT2D eigenvalue weighted by Gasteiger charge is 2.23. The average molecular weight is 604 g/mol. The van der Waals surface area contributed by atoms with Crippen LogP contribution in [0.1, 0.15) is 41.1 Å². The number of sulfonamides is 1. The number of ether oxygens (including phenoxy) is 2. The lowest BCUT2D eigenvalue weighted by Crippen LogP contribution is -2.17. The number of nitrogens with zero attached hydrogens (tertiary/aromatic N) is 2. The van der Waals surface area contributed by atoms with Gasteiger partial charge < -0.3 is 14.8 Å². The van der Waals surface area contributed by atoms with Crippen LogP contribution < -0.4 is 20.2 Å². The Balaban J connectivity index is 1.73. The van der Waals surface area contributed by atoms with Gasteiger partial charge in [-0.3, -0.25) is 25.1 Å². The number of methoxy groups -OCH3 is 1. The van der Waals surface area contributed by atoms with Gasteiger partial charge in [0.2, 0.25) is 5.91 Å². The van der Waals surface area contributed by atoms with E-state index in [9.17, 15) is 28.1 Å². The number of hydrogen-bond donors (Lipinski definition) is 3. The van der Waals surface area contributed by atoms with Crippen LogP contribution in [0.2, 0.25) is 0 Å². The molecule has 0 unspecified atom stereocenters. The highest BCUT2D eigenvalue weighted by atomic mass is 32.2. The van der Waals surface area contributed by atoms with Gasteiger partial charge in [-0.2, -0.15) is 5.10 Å². The summed E-state index contributed by atoms with van der Waals surface area (Å²) in [4.78, 5) is 36.5. The summed E-state index contributed by atoms with van der Waals surface area (Å²) in [7, 11) is -2.67. The molecule has 0 aliphatic rings. The predicted octanol–water partition coefficient (Wildman–Crippen LogP) is 5.08. The molecule has 1 amide bonds. The van der Waals surface area contributed by atoms with Crippen molar-refractivity contribution in [3.63, 3.8) is 0 Å². The van der Waals surface area contributed by atoms with Gasteiger partial charge in [-0.25, -0.2) is 13.2 Å². The number of hydrogen-bond acceptors (Lipinski definition) is 11. The zero-order valence-corrected chi connectivity index (χ0v) is 24.6.